The second-order valence-corrected chi connectivity index (χ2v) is 2.96. The zero-order valence-corrected chi connectivity index (χ0v) is 8.18. The molecule has 0 saturated carbocycles. The van der Waals surface area contributed by atoms with Crippen LogP contribution in [0.2, 0.25) is 0 Å². The Morgan fingerprint density at radius 3 is 2.31 bits per heavy atom. The topological polar surface area (TPSA) is 104 Å². The van der Waals surface area contributed by atoms with Crippen molar-refractivity contribution in [2.75, 3.05) is 0 Å². The number of carbonyl (C=O) groups excluding carboxylic acids is 1. The van der Waals surface area contributed by atoms with Crippen LogP contribution in [0.1, 0.15) is 15.9 Å². The Balaban J connectivity index is 2.94. The van der Waals surface area contributed by atoms with Crippen LogP contribution in [0, 0.1) is 11.3 Å². The van der Waals surface area contributed by atoms with Gasteiger partial charge in [0.05, 0.1) is 11.6 Å². The van der Waals surface area contributed by atoms with E-state index in [1.54, 1.807) is 0 Å². The van der Waals surface area contributed by atoms with Crippen LogP contribution in [0.25, 0.3) is 0 Å². The van der Waals surface area contributed by atoms with Gasteiger partial charge in [0.2, 0.25) is 0 Å². The van der Waals surface area contributed by atoms with Crippen molar-refractivity contribution in [3.8, 4) is 6.07 Å². The van der Waals surface area contributed by atoms with Gasteiger partial charge in [0, 0.05) is 11.6 Å². The summed E-state index contributed by atoms with van der Waals surface area (Å²) in [7, 11) is 0. The molecule has 0 spiro atoms. The summed E-state index contributed by atoms with van der Waals surface area (Å²) in [5, 5.41) is 17.0. The molecule has 0 atom stereocenters. The number of hydrogen-bond donors (Lipinski definition) is 2. The van der Waals surface area contributed by atoms with Crippen molar-refractivity contribution in [1.29, 1.82) is 5.26 Å². The molecule has 0 radical (unpaired) electrons. The summed E-state index contributed by atoms with van der Waals surface area (Å²) >= 11 is 0. The van der Waals surface area contributed by atoms with Crippen LogP contribution in [0.15, 0.2) is 36.0 Å². The number of benzene rings is 1. The highest BCUT2D eigenvalue weighted by Crippen LogP contribution is 2.05. The third-order valence-corrected chi connectivity index (χ3v) is 1.83. The normalized spacial score (nSPS) is 10.6. The van der Waals surface area contributed by atoms with E-state index < -0.39 is 17.4 Å². The minimum atomic E-state index is -1.35. The van der Waals surface area contributed by atoms with Crippen molar-refractivity contribution in [3.05, 3.63) is 47.2 Å². The number of nitrogens with zero attached hydrogens (tertiary/aromatic N) is 1. The standard InChI is InChI=1S/C11H8N2O3/c12-6-7-1-3-8(4-2-7)10(14)5-9(13)11(15)16/h1-5H,13H2,(H,15,16). The number of aliphatic carboxylic acids is 1. The van der Waals surface area contributed by atoms with Gasteiger partial charge in [0.1, 0.15) is 5.70 Å². The highest BCUT2D eigenvalue weighted by atomic mass is 16.4. The van der Waals surface area contributed by atoms with Crippen LogP contribution in [0.3, 0.4) is 0 Å². The number of carboxylic acids is 1. The van der Waals surface area contributed by atoms with Gasteiger partial charge in [0.25, 0.3) is 0 Å². The lowest BCUT2D eigenvalue weighted by Crippen LogP contribution is -2.12. The van der Waals surface area contributed by atoms with Crippen molar-refractivity contribution in [2.24, 2.45) is 5.73 Å². The van der Waals surface area contributed by atoms with Crippen molar-refractivity contribution >= 4 is 11.8 Å². The largest absolute Gasteiger partial charge is 0.477 e. The molecular formula is C11H8N2O3. The van der Waals surface area contributed by atoms with Crippen LogP contribution in [0.4, 0.5) is 0 Å². The van der Waals surface area contributed by atoms with E-state index in [4.69, 9.17) is 16.1 Å². The molecule has 0 fully saturated rings. The number of hydrogen-bond acceptors (Lipinski definition) is 4. The zero-order chi connectivity index (χ0) is 12.1. The van der Waals surface area contributed by atoms with Crippen LogP contribution in [0.5, 0.6) is 0 Å². The van der Waals surface area contributed by atoms with Crippen LogP contribution < -0.4 is 5.73 Å². The maximum Gasteiger partial charge on any atom is 0.351 e. The van der Waals surface area contributed by atoms with E-state index in [1.807, 2.05) is 6.07 Å². The van der Waals surface area contributed by atoms with Gasteiger partial charge < -0.3 is 10.8 Å². The summed E-state index contributed by atoms with van der Waals surface area (Å²) in [5.74, 6) is -1.86. The Labute approximate surface area is 91.4 Å². The van der Waals surface area contributed by atoms with Crippen molar-refractivity contribution < 1.29 is 14.7 Å². The summed E-state index contributed by atoms with van der Waals surface area (Å²) in [4.78, 5) is 21.8. The number of nitriles is 1. The van der Waals surface area contributed by atoms with Crippen LogP contribution in [-0.4, -0.2) is 16.9 Å². The monoisotopic (exact) mass is 216 g/mol. The van der Waals surface area contributed by atoms with E-state index in [-0.39, 0.29) is 5.56 Å². The fraction of sp³-hybridized carbons (Fsp3) is 0. The van der Waals surface area contributed by atoms with Gasteiger partial charge in [-0.3, -0.25) is 4.79 Å². The minimum Gasteiger partial charge on any atom is -0.477 e. The first-order valence-corrected chi connectivity index (χ1v) is 4.29. The van der Waals surface area contributed by atoms with Gasteiger partial charge >= 0.3 is 5.97 Å². The number of rotatable bonds is 3. The van der Waals surface area contributed by atoms with E-state index in [1.165, 1.54) is 24.3 Å². The highest BCUT2D eigenvalue weighted by Gasteiger charge is 2.07. The molecule has 1 rings (SSSR count). The average molecular weight is 216 g/mol. The number of carboxylic acid groups (broad SMARTS) is 1. The molecule has 0 heterocycles. The van der Waals surface area contributed by atoms with Crippen LogP contribution in [-0.2, 0) is 4.79 Å². The molecule has 80 valence electrons. The lowest BCUT2D eigenvalue weighted by atomic mass is 10.1. The third kappa shape index (κ3) is 2.69. The van der Waals surface area contributed by atoms with Crippen LogP contribution >= 0.6 is 0 Å². The van der Waals surface area contributed by atoms with E-state index >= 15 is 0 Å². The van der Waals surface area contributed by atoms with Gasteiger partial charge in [-0.2, -0.15) is 5.26 Å². The molecule has 16 heavy (non-hydrogen) atoms. The maximum absolute atomic E-state index is 11.5. The molecule has 0 unspecified atom stereocenters. The molecule has 0 saturated heterocycles. The van der Waals surface area contributed by atoms with Crippen molar-refractivity contribution in [2.45, 2.75) is 0 Å². The summed E-state index contributed by atoms with van der Waals surface area (Å²) in [6.45, 7) is 0. The fourth-order valence-corrected chi connectivity index (χ4v) is 0.995. The Morgan fingerprint density at radius 1 is 1.31 bits per heavy atom. The molecule has 5 heteroatoms. The summed E-state index contributed by atoms with van der Waals surface area (Å²) < 4.78 is 0. The Hall–Kier alpha value is -2.61. The number of allylic oxidation sites excluding steroid dienone is 1. The molecule has 0 aliphatic heterocycles. The first kappa shape index (κ1) is 11.5. The molecule has 0 aliphatic rings. The summed E-state index contributed by atoms with van der Waals surface area (Å²) in [6.07, 6.45) is 0.837. The van der Waals surface area contributed by atoms with Gasteiger partial charge in [-0.05, 0) is 24.3 Å². The molecule has 3 N–H and O–H groups in total. The molecule has 0 amide bonds. The van der Waals surface area contributed by atoms with Gasteiger partial charge in [-0.15, -0.1) is 0 Å². The van der Waals surface area contributed by atoms with E-state index in [2.05, 4.69) is 0 Å². The summed E-state index contributed by atoms with van der Waals surface area (Å²) in [5.41, 5.74) is 5.28. The molecule has 0 aliphatic carbocycles. The molecule has 1 aromatic rings. The zero-order valence-electron chi connectivity index (χ0n) is 8.18. The average Bonchev–Trinajstić information content (AvgIpc) is 2.28. The van der Waals surface area contributed by atoms with Gasteiger partial charge in [-0.25, -0.2) is 4.79 Å². The second kappa shape index (κ2) is 4.75. The first-order valence-electron chi connectivity index (χ1n) is 4.29. The maximum atomic E-state index is 11.5. The third-order valence-electron chi connectivity index (χ3n) is 1.83. The van der Waals surface area contributed by atoms with E-state index in [9.17, 15) is 9.59 Å². The predicted octanol–water partition coefficient (Wildman–Crippen LogP) is 0.668. The molecule has 0 bridgehead atoms. The lowest BCUT2D eigenvalue weighted by Gasteiger charge is -1.96. The van der Waals surface area contributed by atoms with Crippen molar-refractivity contribution in [1.82, 2.24) is 0 Å². The predicted molar refractivity (Wildman–Crippen MR) is 55.4 cm³/mol. The molecule has 1 aromatic carbocycles. The molecule has 0 aromatic heterocycles. The van der Waals surface area contributed by atoms with E-state index in [0.29, 0.717) is 5.56 Å². The number of nitrogens with two attached hydrogens (primary N) is 1. The lowest BCUT2D eigenvalue weighted by molar-refractivity contribution is -0.132. The van der Waals surface area contributed by atoms with E-state index in [0.717, 1.165) is 6.08 Å². The Kier molecular flexibility index (Phi) is 3.41. The number of ketones is 1. The van der Waals surface area contributed by atoms with Gasteiger partial charge in [0.15, 0.2) is 5.78 Å². The summed E-state index contributed by atoms with van der Waals surface area (Å²) in [6, 6.07) is 7.72. The molecule has 5 nitrogen and oxygen atoms in total. The van der Waals surface area contributed by atoms with Crippen molar-refractivity contribution in [3.63, 3.8) is 0 Å². The molecular weight excluding hydrogens is 208 g/mol. The Bertz CT molecular complexity index is 495. The smallest absolute Gasteiger partial charge is 0.351 e. The first-order chi connectivity index (χ1) is 7.54. The SMILES string of the molecule is N#Cc1ccc(C(=O)C=C(N)C(=O)O)cc1. The fourth-order valence-electron chi connectivity index (χ4n) is 0.995. The number of carbonyl (C=O) groups is 2. The van der Waals surface area contributed by atoms with Gasteiger partial charge in [-0.1, -0.05) is 0 Å². The quantitative estimate of drug-likeness (QED) is 0.570. The Morgan fingerprint density at radius 2 is 1.88 bits per heavy atom. The second-order valence-electron chi connectivity index (χ2n) is 2.96. The highest BCUT2D eigenvalue weighted by molar-refractivity contribution is 6.08. The minimum absolute atomic E-state index is 0.281.